The second-order valence-electron chi connectivity index (χ2n) is 5.90. The predicted molar refractivity (Wildman–Crippen MR) is 102 cm³/mol. The molecule has 6 nitrogen and oxygen atoms in total. The monoisotopic (exact) mass is 441 g/mol. The molecule has 8 heteroatoms. The van der Waals surface area contributed by atoms with E-state index in [0.717, 1.165) is 21.5 Å². The molecule has 1 N–H and O–H groups in total. The molecular weight excluding hydrogens is 422 g/mol. The number of amides is 1. The summed E-state index contributed by atoms with van der Waals surface area (Å²) in [4.78, 5) is 24.8. The molecule has 1 aromatic carbocycles. The Kier molecular flexibility index (Phi) is 6.13. The van der Waals surface area contributed by atoms with Gasteiger partial charge < -0.3 is 19.5 Å². The number of thioether (sulfide) groups is 1. The molecule has 0 saturated carbocycles. The zero-order valence-corrected chi connectivity index (χ0v) is 17.0. The Bertz CT molecular complexity index is 764. The van der Waals surface area contributed by atoms with Gasteiger partial charge in [0, 0.05) is 28.3 Å². The van der Waals surface area contributed by atoms with E-state index in [9.17, 15) is 9.59 Å². The van der Waals surface area contributed by atoms with E-state index < -0.39 is 11.9 Å². The maximum Gasteiger partial charge on any atom is 0.336 e. The SMILES string of the molecule is CCSCCOC(=O)C1=C(C)NC(=O)C[C@@H]1c1cc2c(cc1Br)OCO2. The molecule has 2 aliphatic rings. The molecular formula is C18H20BrNO5S. The number of hydrogen-bond donors (Lipinski definition) is 1. The van der Waals surface area contributed by atoms with Crippen molar-refractivity contribution in [3.8, 4) is 11.5 Å². The van der Waals surface area contributed by atoms with Gasteiger partial charge in [0.2, 0.25) is 12.7 Å². The Morgan fingerprint density at radius 2 is 2.12 bits per heavy atom. The van der Waals surface area contributed by atoms with E-state index >= 15 is 0 Å². The van der Waals surface area contributed by atoms with Gasteiger partial charge in [-0.05, 0) is 30.4 Å². The Balaban J connectivity index is 1.90. The van der Waals surface area contributed by atoms with Gasteiger partial charge in [0.25, 0.3) is 0 Å². The lowest BCUT2D eigenvalue weighted by Gasteiger charge is -2.27. The summed E-state index contributed by atoms with van der Waals surface area (Å²) in [6.45, 7) is 4.29. The van der Waals surface area contributed by atoms with Crippen LogP contribution in [0.15, 0.2) is 27.9 Å². The molecule has 2 aliphatic heterocycles. The minimum atomic E-state index is -0.404. The molecule has 3 rings (SSSR count). The molecule has 0 radical (unpaired) electrons. The molecule has 1 amide bonds. The normalized spacial score (nSPS) is 18.7. The average molecular weight is 442 g/mol. The standard InChI is InChI=1S/C18H20BrNO5S/c1-3-26-5-4-23-18(22)17-10(2)20-16(21)7-12(17)11-6-14-15(8-13(11)19)25-9-24-14/h6,8,12H,3-5,7,9H2,1-2H3,(H,20,21)/t12-/m1/s1. The van der Waals surface area contributed by atoms with Crippen molar-refractivity contribution in [2.45, 2.75) is 26.2 Å². The van der Waals surface area contributed by atoms with E-state index in [2.05, 4.69) is 28.2 Å². The molecule has 0 fully saturated rings. The Morgan fingerprint density at radius 1 is 1.38 bits per heavy atom. The fourth-order valence-corrected chi connectivity index (χ4v) is 4.14. The van der Waals surface area contributed by atoms with Gasteiger partial charge in [-0.3, -0.25) is 4.79 Å². The topological polar surface area (TPSA) is 73.9 Å². The maximum atomic E-state index is 12.7. The van der Waals surface area contributed by atoms with Crippen molar-refractivity contribution in [3.05, 3.63) is 33.4 Å². The van der Waals surface area contributed by atoms with Crippen molar-refractivity contribution < 1.29 is 23.8 Å². The second-order valence-corrected chi connectivity index (χ2v) is 8.15. The molecule has 140 valence electrons. The Morgan fingerprint density at radius 3 is 2.85 bits per heavy atom. The van der Waals surface area contributed by atoms with Gasteiger partial charge >= 0.3 is 5.97 Å². The van der Waals surface area contributed by atoms with Crippen LogP contribution in [0.3, 0.4) is 0 Å². The smallest absolute Gasteiger partial charge is 0.336 e. The lowest BCUT2D eigenvalue weighted by Crippen LogP contribution is -2.34. The quantitative estimate of drug-likeness (QED) is 0.538. The van der Waals surface area contributed by atoms with Crippen molar-refractivity contribution in [2.24, 2.45) is 0 Å². The van der Waals surface area contributed by atoms with E-state index in [1.165, 1.54) is 0 Å². The van der Waals surface area contributed by atoms with Crippen LogP contribution in [-0.4, -0.2) is 36.8 Å². The van der Waals surface area contributed by atoms with Crippen LogP contribution in [0.25, 0.3) is 0 Å². The highest BCUT2D eigenvalue weighted by molar-refractivity contribution is 9.10. The zero-order valence-electron chi connectivity index (χ0n) is 14.6. The first-order chi connectivity index (χ1) is 12.5. The summed E-state index contributed by atoms with van der Waals surface area (Å²) in [6, 6.07) is 3.63. The van der Waals surface area contributed by atoms with E-state index in [4.69, 9.17) is 14.2 Å². The predicted octanol–water partition coefficient (Wildman–Crippen LogP) is 3.35. The number of carbonyl (C=O) groups is 2. The first kappa shape index (κ1) is 19.1. The number of hydrogen-bond acceptors (Lipinski definition) is 6. The van der Waals surface area contributed by atoms with Gasteiger partial charge in [-0.1, -0.05) is 22.9 Å². The van der Waals surface area contributed by atoms with Gasteiger partial charge in [-0.2, -0.15) is 11.8 Å². The lowest BCUT2D eigenvalue weighted by molar-refractivity contribution is -0.139. The number of nitrogens with one attached hydrogen (secondary N) is 1. The van der Waals surface area contributed by atoms with Gasteiger partial charge in [-0.25, -0.2) is 4.79 Å². The number of esters is 1. The summed E-state index contributed by atoms with van der Waals surface area (Å²) in [7, 11) is 0. The van der Waals surface area contributed by atoms with Crippen molar-refractivity contribution in [2.75, 3.05) is 24.9 Å². The van der Waals surface area contributed by atoms with E-state index in [-0.39, 0.29) is 19.1 Å². The highest BCUT2D eigenvalue weighted by Gasteiger charge is 2.35. The second kappa shape index (κ2) is 8.35. The summed E-state index contributed by atoms with van der Waals surface area (Å²) in [5, 5.41) is 2.75. The minimum absolute atomic E-state index is 0.129. The lowest BCUT2D eigenvalue weighted by atomic mass is 9.84. The minimum Gasteiger partial charge on any atom is -0.461 e. The summed E-state index contributed by atoms with van der Waals surface area (Å²) in [5.41, 5.74) is 1.81. The van der Waals surface area contributed by atoms with E-state index in [1.807, 2.05) is 6.07 Å². The Hall–Kier alpha value is -1.67. The molecule has 2 heterocycles. The van der Waals surface area contributed by atoms with Crippen LogP contribution in [0.5, 0.6) is 11.5 Å². The van der Waals surface area contributed by atoms with Crippen LogP contribution < -0.4 is 14.8 Å². The van der Waals surface area contributed by atoms with Crippen LogP contribution >= 0.6 is 27.7 Å². The highest BCUT2D eigenvalue weighted by atomic mass is 79.9. The molecule has 1 aromatic rings. The summed E-state index contributed by atoms with van der Waals surface area (Å²) >= 11 is 5.24. The number of carbonyl (C=O) groups excluding carboxylic acids is 2. The van der Waals surface area contributed by atoms with Gasteiger partial charge in [0.05, 0.1) is 5.57 Å². The summed E-state index contributed by atoms with van der Waals surface area (Å²) in [5.74, 6) is 2.05. The summed E-state index contributed by atoms with van der Waals surface area (Å²) in [6.07, 6.45) is 0.170. The first-order valence-corrected chi connectivity index (χ1v) is 10.3. The number of ether oxygens (including phenoxy) is 3. The average Bonchev–Trinajstić information content (AvgIpc) is 3.04. The fourth-order valence-electron chi connectivity index (χ4n) is 3.05. The van der Waals surface area contributed by atoms with Crippen molar-refractivity contribution in [3.63, 3.8) is 0 Å². The first-order valence-electron chi connectivity index (χ1n) is 8.35. The van der Waals surface area contributed by atoms with Gasteiger partial charge in [-0.15, -0.1) is 0 Å². The zero-order chi connectivity index (χ0) is 18.7. The molecule has 0 aliphatic carbocycles. The van der Waals surface area contributed by atoms with Crippen LogP contribution in [0, 0.1) is 0 Å². The number of halogens is 1. The highest BCUT2D eigenvalue weighted by Crippen LogP contribution is 2.43. The molecule has 0 bridgehead atoms. The van der Waals surface area contributed by atoms with Crippen LogP contribution in [0.2, 0.25) is 0 Å². The number of fused-ring (bicyclic) bond motifs is 1. The number of rotatable bonds is 6. The molecule has 0 spiro atoms. The summed E-state index contributed by atoms with van der Waals surface area (Å²) < 4.78 is 17.0. The Labute approximate surface area is 164 Å². The molecule has 0 saturated heterocycles. The van der Waals surface area contributed by atoms with Gasteiger partial charge in [0.1, 0.15) is 6.61 Å². The maximum absolute atomic E-state index is 12.7. The van der Waals surface area contributed by atoms with E-state index in [1.54, 1.807) is 24.8 Å². The van der Waals surface area contributed by atoms with Gasteiger partial charge in [0.15, 0.2) is 11.5 Å². The van der Waals surface area contributed by atoms with Crippen LogP contribution in [0.4, 0.5) is 0 Å². The number of allylic oxidation sites excluding steroid dienone is 1. The fraction of sp³-hybridized carbons (Fsp3) is 0.444. The van der Waals surface area contributed by atoms with Crippen molar-refractivity contribution in [1.29, 1.82) is 0 Å². The van der Waals surface area contributed by atoms with Crippen molar-refractivity contribution >= 4 is 39.6 Å². The third-order valence-electron chi connectivity index (χ3n) is 4.22. The molecule has 0 aromatic heterocycles. The third-order valence-corrected chi connectivity index (χ3v) is 5.77. The van der Waals surface area contributed by atoms with E-state index in [0.29, 0.717) is 29.4 Å². The number of benzene rings is 1. The van der Waals surface area contributed by atoms with Crippen LogP contribution in [-0.2, 0) is 14.3 Å². The van der Waals surface area contributed by atoms with Crippen LogP contribution in [0.1, 0.15) is 31.7 Å². The molecule has 26 heavy (non-hydrogen) atoms. The largest absolute Gasteiger partial charge is 0.461 e. The third kappa shape index (κ3) is 4.01. The molecule has 0 unspecified atom stereocenters. The molecule has 1 atom stereocenters. The van der Waals surface area contributed by atoms with Crippen molar-refractivity contribution in [1.82, 2.24) is 5.32 Å².